The molecule has 57 heteroatoms. The van der Waals surface area contributed by atoms with Crippen LogP contribution in [0.4, 0.5) is 0 Å². The number of nitrogens with zero attached hydrogens (tertiary/aromatic N) is 4. The number of aromatic amines is 1. The number of nitrogens with two attached hydrogens (primary N) is 1. The number of amides is 18. The number of aliphatic hydroxyl groups excluding tert-OH is 7. The lowest BCUT2D eigenvalue weighted by Gasteiger charge is -2.48. The molecule has 1 aromatic heterocycles. The molecule has 834 valence electrons. The molecule has 26 atom stereocenters. The van der Waals surface area contributed by atoms with E-state index in [1.807, 2.05) is 0 Å². The highest BCUT2D eigenvalue weighted by atomic mass is 16.7. The fourth-order valence-corrected chi connectivity index (χ4v) is 17.6. The smallest absolute Gasteiger partial charge is 0.305 e. The number of H-pyrrole nitrogens is 1. The van der Waals surface area contributed by atoms with Gasteiger partial charge in [0.2, 0.25) is 106 Å². The second kappa shape index (κ2) is 59.7. The van der Waals surface area contributed by atoms with Gasteiger partial charge in [-0.25, -0.2) is 4.98 Å². The molecular weight excluding hydrogens is 1980 g/mol. The molecule has 0 saturated carbocycles. The van der Waals surface area contributed by atoms with Gasteiger partial charge in [0, 0.05) is 84.9 Å². The minimum absolute atomic E-state index is 0.00948. The summed E-state index contributed by atoms with van der Waals surface area (Å²) in [4.78, 5) is 301. The van der Waals surface area contributed by atoms with Gasteiger partial charge in [-0.2, -0.15) is 0 Å². The average molecular weight is 2130 g/mol. The van der Waals surface area contributed by atoms with Crippen molar-refractivity contribution in [2.75, 3.05) is 59.1 Å². The van der Waals surface area contributed by atoms with E-state index in [0.717, 1.165) is 44.4 Å². The second-order valence-corrected chi connectivity index (χ2v) is 37.6. The Labute approximate surface area is 862 Å². The molecule has 2 aromatic rings. The van der Waals surface area contributed by atoms with Crippen LogP contribution in [0.15, 0.2) is 42.9 Å². The Hall–Kier alpha value is -13.7. The quantitative estimate of drug-likeness (QED) is 0.0166. The molecule has 57 nitrogen and oxygen atoms in total. The second-order valence-electron chi connectivity index (χ2n) is 37.6. The third-order valence-electron chi connectivity index (χ3n) is 25.4. The number of ether oxygens (including phenoxy) is 4. The zero-order chi connectivity index (χ0) is 111. The zero-order valence-electron chi connectivity index (χ0n) is 84.9. The lowest BCUT2D eigenvalue weighted by molar-refractivity contribution is -0.332. The summed E-state index contributed by atoms with van der Waals surface area (Å²) >= 11 is 0. The number of nitrogens with one attached hydrogen (secondary N) is 18. The number of benzene rings is 1. The molecule has 7 rings (SSSR count). The van der Waals surface area contributed by atoms with E-state index in [9.17, 15) is 132 Å². The number of ketones is 1. The van der Waals surface area contributed by atoms with Crippen molar-refractivity contribution in [3.63, 3.8) is 0 Å². The Morgan fingerprint density at radius 2 is 1.03 bits per heavy atom. The highest BCUT2D eigenvalue weighted by Gasteiger charge is 2.55. The Morgan fingerprint density at radius 3 is 1.58 bits per heavy atom. The van der Waals surface area contributed by atoms with Gasteiger partial charge in [0.1, 0.15) is 139 Å². The number of aliphatic carboxylic acids is 2. The molecule has 0 radical (unpaired) electrons. The van der Waals surface area contributed by atoms with Crippen molar-refractivity contribution >= 4 is 130 Å². The number of likely N-dealkylation sites (N-methyl/N-ethyl adjacent to an activating group) is 1. The number of hydrogen-bond acceptors (Lipinski definition) is 34. The van der Waals surface area contributed by atoms with E-state index in [2.05, 4.69) is 95.0 Å². The molecule has 1 aromatic carbocycles. The molecule has 0 aliphatic carbocycles. The molecule has 5 fully saturated rings. The van der Waals surface area contributed by atoms with Gasteiger partial charge in [0.05, 0.1) is 57.0 Å². The maximum atomic E-state index is 15.6. The number of imidazole rings is 1. The summed E-state index contributed by atoms with van der Waals surface area (Å²) < 4.78 is 24.4. The number of carboxylic acid groups (broad SMARTS) is 2. The number of rotatable bonds is 57. The summed E-state index contributed by atoms with van der Waals surface area (Å²) in [6.45, 7) is 8.32. The van der Waals surface area contributed by atoms with Crippen molar-refractivity contribution in [2.45, 2.75) is 330 Å². The topological polar surface area (TPSA) is 858 Å². The van der Waals surface area contributed by atoms with E-state index in [4.69, 9.17) is 30.1 Å². The first-order chi connectivity index (χ1) is 70.9. The predicted molar refractivity (Wildman–Crippen MR) is 517 cm³/mol. The SMILES string of the molecule is CCNC(=O)C1CCCN1C(=O)C(C)NC(=O)C1CCCN1C(=O)C(CCCNC(=N)N)NC(=O)C(NC(=O)C(CC(=O)O)NC(=O)C1CCCN1C(=O)C(C)NC(=O)C(CO)NC(=O)C(NC(=O)C(NC(=O)CNC(=O)C(Cc1c[nH]cn1)NC(=O)C(CCC(=O)O)NC(=O)C(Cc1ccccc1)NC(=O)CCCC(C)=O)C(C)C)C(C)O)C(C)O[C@H]1O[C@@H](CO)[C@H](O)C(O[C@@H]2O[C@@H](CO)[C@@H](O)C(O)C2NC(C)=O)C1NC(C)=O. The van der Waals surface area contributed by atoms with Crippen LogP contribution in [0.1, 0.15) is 170 Å². The summed E-state index contributed by atoms with van der Waals surface area (Å²) in [7, 11) is 0. The summed E-state index contributed by atoms with van der Waals surface area (Å²) in [5, 5.41) is 143. The number of carbonyl (C=O) groups excluding carboxylic acids is 19. The number of aliphatic hydroxyl groups is 7. The van der Waals surface area contributed by atoms with Gasteiger partial charge >= 0.3 is 11.9 Å². The molecule has 0 spiro atoms. The van der Waals surface area contributed by atoms with Crippen molar-refractivity contribution in [2.24, 2.45) is 11.7 Å². The van der Waals surface area contributed by atoms with Crippen LogP contribution >= 0.6 is 0 Å². The molecule has 5 aliphatic heterocycles. The number of likely N-dealkylation sites (tertiary alicyclic amines) is 3. The summed E-state index contributed by atoms with van der Waals surface area (Å²) in [6.07, 6.45) is -19.0. The number of hydrogen-bond donors (Lipinski definition) is 28. The van der Waals surface area contributed by atoms with Gasteiger partial charge in [-0.1, -0.05) is 44.2 Å². The third-order valence-corrected chi connectivity index (χ3v) is 25.4. The first-order valence-corrected chi connectivity index (χ1v) is 49.5. The van der Waals surface area contributed by atoms with Gasteiger partial charge in [-0.15, -0.1) is 0 Å². The van der Waals surface area contributed by atoms with Crippen molar-refractivity contribution in [3.05, 3.63) is 54.1 Å². The van der Waals surface area contributed by atoms with E-state index >= 15 is 14.4 Å². The minimum atomic E-state index is -2.29. The number of Topliss-reactive ketones (excluding diaryl/α,β-unsaturated/α-hetero) is 1. The molecular formula is C93H143N23O34. The van der Waals surface area contributed by atoms with E-state index in [0.29, 0.717) is 18.4 Å². The van der Waals surface area contributed by atoms with Crippen molar-refractivity contribution in [1.29, 1.82) is 5.41 Å². The van der Waals surface area contributed by atoms with Crippen molar-refractivity contribution in [3.8, 4) is 0 Å². The first kappa shape index (κ1) is 123. The van der Waals surface area contributed by atoms with Crippen LogP contribution in [-0.4, -0.2) is 418 Å². The highest BCUT2D eigenvalue weighted by Crippen LogP contribution is 2.33. The molecule has 5 saturated heterocycles. The fourth-order valence-electron chi connectivity index (χ4n) is 17.6. The number of aromatic nitrogens is 2. The van der Waals surface area contributed by atoms with Gasteiger partial charge < -0.3 is 180 Å². The van der Waals surface area contributed by atoms with Crippen molar-refractivity contribution in [1.82, 2.24) is 110 Å². The Kier molecular flexibility index (Phi) is 49.0. The lowest BCUT2D eigenvalue weighted by atomic mass is 9.94. The zero-order valence-corrected chi connectivity index (χ0v) is 84.9. The van der Waals surface area contributed by atoms with Gasteiger partial charge in [-0.05, 0) is 117 Å². The standard InChI is InChI=1S/C93H143N23O34/c1-11-97-82(138)59-24-17-31-114(59)89(145)46(6)102-83(139)60-25-19-33-116(60)90(146)54(23-16-30-98-93(94)95)107-87(143)70(48(8)147-92-72(104-50(10)123)76(74(131)63(41-119)149-92)150-91-71(103-49(9)122)75(132)73(130)62(40-118)148-91)113-80(136)57(36-67(128)129)109-84(140)61-26-18-32-115(61)88(144)45(5)101-81(137)58(39-117)110-86(142)69(47(7)121)112-85(141)68(43(2)3)111-65(125)38-99-77(133)56(35-52-37-96-42-100-52)108-78(134)53(28-29-66(126)127)106-79(135)55(34-51-21-13-12-14-22-51)105-64(124)27-15-20-44(4)120/h12-14,21-22,37,42-43,45-48,53-63,68-76,91-92,117-119,121,130-132H,11,15-20,23-36,38-41H2,1-10H3,(H,96,100)(H,97,138)(H,99,133)(H,101,137)(H,102,139)(H,103,122)(H,104,123)(H,105,124)(H,106,135)(H,107,143)(H,108,134)(H,109,140)(H,110,142)(H,111,125)(H,112,141)(H,113,136)(H,126,127)(H,128,129)(H4,94,95,98)/t45?,46?,47?,48?,53?,54?,55?,56?,57?,58?,59?,60?,61?,62-,63-,68?,69?,70?,71?,72?,73+,74-,75?,76?,91-,92-/m0/s1. The van der Waals surface area contributed by atoms with Crippen LogP contribution in [0.25, 0.3) is 0 Å². The summed E-state index contributed by atoms with van der Waals surface area (Å²) in [5.74, 6) is -22.8. The largest absolute Gasteiger partial charge is 0.481 e. The van der Waals surface area contributed by atoms with E-state index in [1.165, 1.54) is 45.1 Å². The van der Waals surface area contributed by atoms with Crippen LogP contribution in [0, 0.1) is 11.3 Å². The molecule has 0 bridgehead atoms. The monoisotopic (exact) mass is 2130 g/mol. The molecule has 6 heterocycles. The van der Waals surface area contributed by atoms with Gasteiger partial charge in [-0.3, -0.25) is 101 Å². The molecule has 29 N–H and O–H groups in total. The van der Waals surface area contributed by atoms with Crippen LogP contribution in [0.2, 0.25) is 0 Å². The third kappa shape index (κ3) is 36.6. The average Bonchev–Trinajstić information content (AvgIpc) is 1.38. The van der Waals surface area contributed by atoms with Crippen LogP contribution < -0.4 is 90.8 Å². The number of carboxylic acids is 2. The predicted octanol–water partition coefficient (Wildman–Crippen LogP) is -11.5. The van der Waals surface area contributed by atoms with Gasteiger partial charge in [0.15, 0.2) is 18.5 Å². The van der Waals surface area contributed by atoms with Gasteiger partial charge in [0.25, 0.3) is 0 Å². The normalized spacial score (nSPS) is 23.0. The van der Waals surface area contributed by atoms with Crippen LogP contribution in [-0.2, 0) is 132 Å². The summed E-state index contributed by atoms with van der Waals surface area (Å²) in [6, 6.07) is -18.3. The maximum Gasteiger partial charge on any atom is 0.305 e. The van der Waals surface area contributed by atoms with Crippen LogP contribution in [0.3, 0.4) is 0 Å². The molecule has 150 heavy (non-hydrogen) atoms. The van der Waals surface area contributed by atoms with E-state index in [-0.39, 0.29) is 115 Å². The maximum absolute atomic E-state index is 15.6. The number of guanidine groups is 1. The fraction of sp³-hybridized carbons (Fsp3) is 0.667. The highest BCUT2D eigenvalue weighted by molar-refractivity contribution is 6.02. The Balaban J connectivity index is 1.08. The van der Waals surface area contributed by atoms with E-state index < -0.39 is 334 Å². The molecule has 18 amide bonds. The Bertz CT molecular complexity index is 5030. The molecule has 5 aliphatic rings. The number of carbonyl (C=O) groups is 21. The minimum Gasteiger partial charge on any atom is -0.481 e. The Morgan fingerprint density at radius 1 is 0.507 bits per heavy atom. The van der Waals surface area contributed by atoms with Crippen molar-refractivity contribution < 1.29 is 166 Å². The first-order valence-electron chi connectivity index (χ1n) is 49.5. The summed E-state index contributed by atoms with van der Waals surface area (Å²) in [5.41, 5.74) is 6.36. The lowest BCUT2D eigenvalue weighted by Crippen LogP contribution is -2.70. The van der Waals surface area contributed by atoms with E-state index in [1.54, 1.807) is 37.3 Å². The van der Waals surface area contributed by atoms with Crippen LogP contribution in [0.5, 0.6) is 0 Å². The molecule has 20 unspecified atom stereocenters.